The van der Waals surface area contributed by atoms with E-state index in [1.807, 2.05) is 6.92 Å². The maximum atomic E-state index is 13.9. The second-order valence-corrected chi connectivity index (χ2v) is 4.79. The zero-order valence-electron chi connectivity index (χ0n) is 10.1. The third-order valence-electron chi connectivity index (χ3n) is 2.80. The molecular formula is C14H10BrF2NO. The van der Waals surface area contributed by atoms with E-state index in [9.17, 15) is 13.6 Å². The highest BCUT2D eigenvalue weighted by Gasteiger charge is 2.22. The molecule has 1 aromatic carbocycles. The van der Waals surface area contributed by atoms with E-state index in [-0.39, 0.29) is 10.0 Å². The van der Waals surface area contributed by atoms with Crippen molar-refractivity contribution in [3.63, 3.8) is 0 Å². The molecule has 2 rings (SSSR count). The van der Waals surface area contributed by atoms with Gasteiger partial charge in [0.1, 0.15) is 5.82 Å². The van der Waals surface area contributed by atoms with Gasteiger partial charge in [-0.05, 0) is 46.1 Å². The number of benzene rings is 1. The number of aryl methyl sites for hydroxylation is 1. The van der Waals surface area contributed by atoms with E-state index in [1.54, 1.807) is 0 Å². The van der Waals surface area contributed by atoms with Gasteiger partial charge in [-0.2, -0.15) is 0 Å². The number of rotatable bonds is 3. The SMILES string of the molecule is CCc1cnccc1C(=O)c1c(F)ccc(Br)c1F. The molecule has 2 nitrogen and oxygen atoms in total. The van der Waals surface area contributed by atoms with Crippen molar-refractivity contribution in [3.05, 3.63) is 63.4 Å². The molecule has 0 aliphatic carbocycles. The van der Waals surface area contributed by atoms with Crippen molar-refractivity contribution in [2.75, 3.05) is 0 Å². The minimum atomic E-state index is -0.885. The van der Waals surface area contributed by atoms with Gasteiger partial charge in [0.15, 0.2) is 11.6 Å². The normalized spacial score (nSPS) is 10.5. The smallest absolute Gasteiger partial charge is 0.199 e. The first-order valence-corrected chi connectivity index (χ1v) is 6.46. The molecule has 0 spiro atoms. The van der Waals surface area contributed by atoms with Crippen LogP contribution in [0.5, 0.6) is 0 Å². The Morgan fingerprint density at radius 1 is 1.32 bits per heavy atom. The topological polar surface area (TPSA) is 30.0 Å². The summed E-state index contributed by atoms with van der Waals surface area (Å²) < 4.78 is 27.7. The molecule has 0 fully saturated rings. The summed E-state index contributed by atoms with van der Waals surface area (Å²) in [5.41, 5.74) is 0.384. The summed E-state index contributed by atoms with van der Waals surface area (Å²) in [4.78, 5) is 16.2. The van der Waals surface area contributed by atoms with Gasteiger partial charge in [0.25, 0.3) is 0 Å². The molecule has 0 N–H and O–H groups in total. The van der Waals surface area contributed by atoms with Crippen LogP contribution in [-0.2, 0) is 6.42 Å². The number of hydrogen-bond acceptors (Lipinski definition) is 2. The summed E-state index contributed by atoms with van der Waals surface area (Å²) in [7, 11) is 0. The Bertz CT molecular complexity index is 643. The lowest BCUT2D eigenvalue weighted by atomic mass is 9.98. The fourth-order valence-corrected chi connectivity index (χ4v) is 2.13. The van der Waals surface area contributed by atoms with Crippen LogP contribution < -0.4 is 0 Å². The van der Waals surface area contributed by atoms with Gasteiger partial charge in [0, 0.05) is 18.0 Å². The Kier molecular flexibility index (Phi) is 4.04. The number of carbonyl (C=O) groups excluding carboxylic acids is 1. The molecular weight excluding hydrogens is 316 g/mol. The molecule has 0 bridgehead atoms. The molecule has 0 aliphatic rings. The van der Waals surface area contributed by atoms with Crippen LogP contribution in [0.15, 0.2) is 35.1 Å². The summed E-state index contributed by atoms with van der Waals surface area (Å²) >= 11 is 2.95. The molecule has 2 aromatic rings. The van der Waals surface area contributed by atoms with Gasteiger partial charge in [-0.25, -0.2) is 8.78 Å². The van der Waals surface area contributed by atoms with Crippen molar-refractivity contribution in [1.29, 1.82) is 0 Å². The Morgan fingerprint density at radius 3 is 2.74 bits per heavy atom. The van der Waals surface area contributed by atoms with E-state index in [0.29, 0.717) is 12.0 Å². The number of hydrogen-bond donors (Lipinski definition) is 0. The fraction of sp³-hybridized carbons (Fsp3) is 0.143. The van der Waals surface area contributed by atoms with E-state index in [0.717, 1.165) is 6.07 Å². The number of aromatic nitrogens is 1. The van der Waals surface area contributed by atoms with Gasteiger partial charge in [-0.15, -0.1) is 0 Å². The number of nitrogens with zero attached hydrogens (tertiary/aromatic N) is 1. The summed E-state index contributed by atoms with van der Waals surface area (Å²) in [6, 6.07) is 3.77. The van der Waals surface area contributed by atoms with Gasteiger partial charge >= 0.3 is 0 Å². The van der Waals surface area contributed by atoms with Crippen molar-refractivity contribution in [3.8, 4) is 0 Å². The van der Waals surface area contributed by atoms with Gasteiger partial charge in [0.05, 0.1) is 10.0 Å². The van der Waals surface area contributed by atoms with Crippen LogP contribution in [0.25, 0.3) is 0 Å². The summed E-state index contributed by atoms with van der Waals surface area (Å²) in [5, 5.41) is 0. The molecule has 0 atom stereocenters. The molecule has 0 saturated heterocycles. The highest BCUT2D eigenvalue weighted by molar-refractivity contribution is 9.10. The second kappa shape index (κ2) is 5.57. The van der Waals surface area contributed by atoms with Gasteiger partial charge in [0.2, 0.25) is 0 Å². The standard InChI is InChI=1S/C14H10BrF2NO/c1-2-8-7-18-6-5-9(8)14(19)12-11(16)4-3-10(15)13(12)17/h3-7H,2H2,1H3. The molecule has 0 aliphatic heterocycles. The number of halogens is 3. The van der Waals surface area contributed by atoms with Crippen molar-refractivity contribution in [2.24, 2.45) is 0 Å². The second-order valence-electron chi connectivity index (χ2n) is 3.93. The molecule has 98 valence electrons. The number of carbonyl (C=O) groups is 1. The van der Waals surface area contributed by atoms with Crippen LogP contribution >= 0.6 is 15.9 Å². The first-order valence-electron chi connectivity index (χ1n) is 5.67. The van der Waals surface area contributed by atoms with Gasteiger partial charge in [-0.3, -0.25) is 9.78 Å². The minimum absolute atomic E-state index is 0.0596. The minimum Gasteiger partial charge on any atom is -0.288 e. The molecule has 0 unspecified atom stereocenters. The first kappa shape index (κ1) is 13.8. The molecule has 1 heterocycles. The Labute approximate surface area is 117 Å². The van der Waals surface area contributed by atoms with Crippen LogP contribution in [0.3, 0.4) is 0 Å². The molecule has 5 heteroatoms. The summed E-state index contributed by atoms with van der Waals surface area (Å²) in [6.45, 7) is 1.85. The van der Waals surface area contributed by atoms with Crippen molar-refractivity contribution >= 4 is 21.7 Å². The zero-order valence-corrected chi connectivity index (χ0v) is 11.7. The first-order chi connectivity index (χ1) is 9.06. The predicted molar refractivity (Wildman–Crippen MR) is 71.1 cm³/mol. The maximum Gasteiger partial charge on any atom is 0.199 e. The molecule has 19 heavy (non-hydrogen) atoms. The Hall–Kier alpha value is -1.62. The highest BCUT2D eigenvalue weighted by Crippen LogP contribution is 2.25. The lowest BCUT2D eigenvalue weighted by Gasteiger charge is -2.08. The molecule has 1 aromatic heterocycles. The number of ketones is 1. The largest absolute Gasteiger partial charge is 0.288 e. The molecule has 0 amide bonds. The van der Waals surface area contributed by atoms with Crippen molar-refractivity contribution < 1.29 is 13.6 Å². The maximum absolute atomic E-state index is 13.9. The van der Waals surface area contributed by atoms with E-state index < -0.39 is 23.0 Å². The number of pyridine rings is 1. The van der Waals surface area contributed by atoms with Crippen molar-refractivity contribution in [1.82, 2.24) is 4.98 Å². The molecule has 0 radical (unpaired) electrons. The van der Waals surface area contributed by atoms with Gasteiger partial charge in [-0.1, -0.05) is 6.92 Å². The predicted octanol–water partition coefficient (Wildman–Crippen LogP) is 3.92. The third-order valence-corrected chi connectivity index (χ3v) is 3.41. The quantitative estimate of drug-likeness (QED) is 0.632. The van der Waals surface area contributed by atoms with Crippen LogP contribution in [-0.4, -0.2) is 10.8 Å². The lowest BCUT2D eigenvalue weighted by Crippen LogP contribution is -2.10. The third kappa shape index (κ3) is 2.56. The summed E-state index contributed by atoms with van der Waals surface area (Å²) in [5.74, 6) is -2.43. The van der Waals surface area contributed by atoms with E-state index >= 15 is 0 Å². The highest BCUT2D eigenvalue weighted by atomic mass is 79.9. The van der Waals surface area contributed by atoms with Crippen molar-refractivity contribution in [2.45, 2.75) is 13.3 Å². The van der Waals surface area contributed by atoms with Crippen LogP contribution in [0, 0.1) is 11.6 Å². The zero-order chi connectivity index (χ0) is 14.0. The Balaban J connectivity index is 2.60. The lowest BCUT2D eigenvalue weighted by molar-refractivity contribution is 0.103. The van der Waals surface area contributed by atoms with Crippen LogP contribution in [0.2, 0.25) is 0 Å². The fourth-order valence-electron chi connectivity index (χ4n) is 1.80. The van der Waals surface area contributed by atoms with Crippen LogP contribution in [0.4, 0.5) is 8.78 Å². The van der Waals surface area contributed by atoms with E-state index in [4.69, 9.17) is 0 Å². The van der Waals surface area contributed by atoms with Gasteiger partial charge < -0.3 is 0 Å². The Morgan fingerprint density at radius 2 is 2.05 bits per heavy atom. The summed E-state index contributed by atoms with van der Waals surface area (Å²) in [6.07, 6.45) is 3.52. The average molecular weight is 326 g/mol. The van der Waals surface area contributed by atoms with E-state index in [2.05, 4.69) is 20.9 Å². The monoisotopic (exact) mass is 325 g/mol. The van der Waals surface area contributed by atoms with E-state index in [1.165, 1.54) is 24.5 Å². The van der Waals surface area contributed by atoms with Crippen LogP contribution in [0.1, 0.15) is 28.4 Å². The average Bonchev–Trinajstić information content (AvgIpc) is 2.43. The molecule has 0 saturated carbocycles.